The molecule has 0 radical (unpaired) electrons. The molecule has 9 nitrogen and oxygen atoms in total. The molecule has 0 amide bonds. The number of hydrogen-bond acceptors (Lipinski definition) is 7. The van der Waals surface area contributed by atoms with Crippen LogP contribution in [0.5, 0.6) is 0 Å². The number of nitrogens with zero attached hydrogens (tertiary/aromatic N) is 6. The first kappa shape index (κ1) is 23.2. The quantitative estimate of drug-likeness (QED) is 0.352. The van der Waals surface area contributed by atoms with Gasteiger partial charge < -0.3 is 9.64 Å². The summed E-state index contributed by atoms with van der Waals surface area (Å²) in [7, 11) is 0. The molecule has 9 heteroatoms. The average Bonchev–Trinajstić information content (AvgIpc) is 3.55. The second-order valence-corrected chi connectivity index (χ2v) is 7.84. The molecule has 2 aromatic heterocycles. The third kappa shape index (κ3) is 4.98. The Kier molecular flexibility index (Phi) is 7.31. The summed E-state index contributed by atoms with van der Waals surface area (Å²) in [4.78, 5) is 14.7. The van der Waals surface area contributed by atoms with Crippen LogP contribution in [0.3, 0.4) is 0 Å². The summed E-state index contributed by atoms with van der Waals surface area (Å²) >= 11 is 0. The number of H-pyrrole nitrogens is 1. The second-order valence-electron chi connectivity index (χ2n) is 7.84. The van der Waals surface area contributed by atoms with Gasteiger partial charge in [-0.1, -0.05) is 55.5 Å². The van der Waals surface area contributed by atoms with Gasteiger partial charge in [-0.2, -0.15) is 10.3 Å². The number of carbonyl (C=O) groups is 1. The van der Waals surface area contributed by atoms with Crippen molar-refractivity contribution in [3.05, 3.63) is 65.9 Å². The maximum absolute atomic E-state index is 12.6. The molecule has 2 aromatic carbocycles. The van der Waals surface area contributed by atoms with E-state index in [0.29, 0.717) is 36.9 Å². The topological polar surface area (TPSA) is 102 Å². The molecule has 0 aliphatic rings. The van der Waals surface area contributed by atoms with E-state index >= 15 is 0 Å². The number of nitrogens with one attached hydrogen (secondary N) is 1. The first-order valence-electron chi connectivity index (χ1n) is 11.6. The largest absolute Gasteiger partial charge is 0.462 e. The van der Waals surface area contributed by atoms with Crippen LogP contribution in [-0.2, 0) is 17.8 Å². The summed E-state index contributed by atoms with van der Waals surface area (Å²) in [5.41, 5.74) is 4.64. The van der Waals surface area contributed by atoms with Crippen LogP contribution >= 0.6 is 0 Å². The van der Waals surface area contributed by atoms with Crippen LogP contribution in [0, 0.1) is 0 Å². The van der Waals surface area contributed by atoms with Gasteiger partial charge in [-0.3, -0.25) is 4.68 Å². The molecule has 4 rings (SSSR count). The average molecular weight is 460 g/mol. The maximum Gasteiger partial charge on any atom is 0.343 e. The fraction of sp³-hybridized carbons (Fsp3) is 0.320. The Hall–Kier alpha value is -4.01. The molecule has 0 aliphatic heterocycles. The Bertz CT molecular complexity index is 1220. The molecular weight excluding hydrogens is 430 g/mol. The fourth-order valence-electron chi connectivity index (χ4n) is 3.91. The first-order valence-corrected chi connectivity index (χ1v) is 11.6. The van der Waals surface area contributed by atoms with Crippen molar-refractivity contribution in [1.82, 2.24) is 30.4 Å². The third-order valence-electron chi connectivity index (χ3n) is 5.51. The molecule has 0 atom stereocenters. The van der Waals surface area contributed by atoms with Gasteiger partial charge in [0.05, 0.1) is 6.61 Å². The van der Waals surface area contributed by atoms with Crippen molar-refractivity contribution in [3.8, 4) is 22.5 Å². The van der Waals surface area contributed by atoms with E-state index in [1.807, 2.05) is 38.1 Å². The predicted molar refractivity (Wildman–Crippen MR) is 130 cm³/mol. The van der Waals surface area contributed by atoms with Gasteiger partial charge in [0.2, 0.25) is 5.82 Å². The number of rotatable bonds is 10. The van der Waals surface area contributed by atoms with Crippen molar-refractivity contribution in [3.63, 3.8) is 0 Å². The SMILES string of the molecule is CCCN(Cc1ccc(-c2ccccc2-c2nn[nH]n2)cc1)c1nn(CC)cc1C(=O)OCC. The number of aromatic amines is 1. The number of benzene rings is 2. The molecule has 0 saturated heterocycles. The summed E-state index contributed by atoms with van der Waals surface area (Å²) in [5, 5.41) is 19.1. The number of ether oxygens (including phenoxy) is 1. The van der Waals surface area contributed by atoms with Crippen LogP contribution in [0.25, 0.3) is 22.5 Å². The molecule has 2 heterocycles. The van der Waals surface area contributed by atoms with Crippen LogP contribution in [0.15, 0.2) is 54.7 Å². The molecule has 0 saturated carbocycles. The van der Waals surface area contributed by atoms with Crippen LogP contribution in [-0.4, -0.2) is 49.5 Å². The zero-order chi connectivity index (χ0) is 23.9. The molecule has 0 spiro atoms. The number of tetrazole rings is 1. The van der Waals surface area contributed by atoms with Crippen LogP contribution in [0.2, 0.25) is 0 Å². The monoisotopic (exact) mass is 459 g/mol. The van der Waals surface area contributed by atoms with Gasteiger partial charge in [-0.25, -0.2) is 4.79 Å². The minimum Gasteiger partial charge on any atom is -0.462 e. The highest BCUT2D eigenvalue weighted by Gasteiger charge is 2.22. The van der Waals surface area contributed by atoms with E-state index in [1.54, 1.807) is 10.9 Å². The zero-order valence-electron chi connectivity index (χ0n) is 19.7. The van der Waals surface area contributed by atoms with E-state index in [-0.39, 0.29) is 5.97 Å². The standard InChI is InChI=1S/C25H29N7O2/c1-4-15-31(24-22(25(33)34-6-3)17-32(5-2)28-24)16-18-11-13-19(14-12-18)20-9-7-8-10-21(20)23-26-29-30-27-23/h7-14,17H,4-6,15-16H2,1-3H3,(H,26,27,29,30). The summed E-state index contributed by atoms with van der Waals surface area (Å²) in [5.74, 6) is 0.882. The number of esters is 1. The van der Waals surface area contributed by atoms with Crippen molar-refractivity contribution in [2.75, 3.05) is 18.1 Å². The predicted octanol–water partition coefficient (Wildman–Crippen LogP) is 4.34. The minimum atomic E-state index is -0.341. The van der Waals surface area contributed by atoms with Gasteiger partial charge >= 0.3 is 5.97 Å². The lowest BCUT2D eigenvalue weighted by Crippen LogP contribution is -2.26. The number of carbonyl (C=O) groups excluding carboxylic acids is 1. The third-order valence-corrected chi connectivity index (χ3v) is 5.51. The van der Waals surface area contributed by atoms with Crippen molar-refractivity contribution < 1.29 is 9.53 Å². The Morgan fingerprint density at radius 2 is 1.82 bits per heavy atom. The summed E-state index contributed by atoms with van der Waals surface area (Å²) in [6.45, 7) is 8.34. The van der Waals surface area contributed by atoms with Gasteiger partial charge in [0, 0.05) is 31.4 Å². The lowest BCUT2D eigenvalue weighted by Gasteiger charge is -2.23. The Balaban J connectivity index is 1.61. The minimum absolute atomic E-state index is 0.330. The highest BCUT2D eigenvalue weighted by Crippen LogP contribution is 2.30. The second kappa shape index (κ2) is 10.7. The fourth-order valence-corrected chi connectivity index (χ4v) is 3.91. The molecule has 0 bridgehead atoms. The summed E-state index contributed by atoms with van der Waals surface area (Å²) in [6.07, 6.45) is 2.70. The molecule has 34 heavy (non-hydrogen) atoms. The van der Waals surface area contributed by atoms with Crippen molar-refractivity contribution in [2.24, 2.45) is 0 Å². The molecule has 0 aliphatic carbocycles. The first-order chi connectivity index (χ1) is 16.6. The van der Waals surface area contributed by atoms with Crippen molar-refractivity contribution >= 4 is 11.8 Å². The van der Waals surface area contributed by atoms with Gasteiger partial charge in [0.25, 0.3) is 0 Å². The van der Waals surface area contributed by atoms with Gasteiger partial charge in [0.15, 0.2) is 5.82 Å². The van der Waals surface area contributed by atoms with Crippen molar-refractivity contribution in [1.29, 1.82) is 0 Å². The van der Waals surface area contributed by atoms with E-state index < -0.39 is 0 Å². The maximum atomic E-state index is 12.6. The molecular formula is C25H29N7O2. The smallest absolute Gasteiger partial charge is 0.343 e. The van der Waals surface area contributed by atoms with E-state index in [9.17, 15) is 4.79 Å². The highest BCUT2D eigenvalue weighted by molar-refractivity contribution is 5.94. The van der Waals surface area contributed by atoms with E-state index in [2.05, 4.69) is 61.8 Å². The molecule has 0 unspecified atom stereocenters. The number of aryl methyl sites for hydroxylation is 1. The Labute approximate surface area is 198 Å². The number of anilines is 1. The lowest BCUT2D eigenvalue weighted by atomic mass is 9.98. The van der Waals surface area contributed by atoms with Crippen LogP contribution < -0.4 is 4.90 Å². The highest BCUT2D eigenvalue weighted by atomic mass is 16.5. The molecule has 1 N–H and O–H groups in total. The van der Waals surface area contributed by atoms with Gasteiger partial charge in [-0.05, 0) is 42.2 Å². The Morgan fingerprint density at radius 3 is 2.47 bits per heavy atom. The van der Waals surface area contributed by atoms with Gasteiger partial charge in [-0.15, -0.1) is 10.2 Å². The normalized spacial score (nSPS) is 10.9. The molecule has 0 fully saturated rings. The Morgan fingerprint density at radius 1 is 1.06 bits per heavy atom. The van der Waals surface area contributed by atoms with Crippen LogP contribution in [0.4, 0.5) is 5.82 Å². The summed E-state index contributed by atoms with van der Waals surface area (Å²) < 4.78 is 7.06. The van der Waals surface area contributed by atoms with Crippen LogP contribution in [0.1, 0.15) is 43.1 Å². The van der Waals surface area contributed by atoms with E-state index in [4.69, 9.17) is 4.74 Å². The lowest BCUT2D eigenvalue weighted by molar-refractivity contribution is 0.0527. The molecule has 4 aromatic rings. The van der Waals surface area contributed by atoms with E-state index in [1.165, 1.54) is 0 Å². The van der Waals surface area contributed by atoms with Crippen molar-refractivity contribution in [2.45, 2.75) is 40.3 Å². The zero-order valence-corrected chi connectivity index (χ0v) is 19.7. The van der Waals surface area contributed by atoms with E-state index in [0.717, 1.165) is 35.2 Å². The number of hydrogen-bond donors (Lipinski definition) is 1. The number of aromatic nitrogens is 6. The van der Waals surface area contributed by atoms with Gasteiger partial charge in [0.1, 0.15) is 5.56 Å². The summed E-state index contributed by atoms with van der Waals surface area (Å²) in [6, 6.07) is 16.4. The molecule has 176 valence electrons.